The van der Waals surface area contributed by atoms with E-state index in [0.29, 0.717) is 54.1 Å². The maximum Gasteiger partial charge on any atom is 0.271 e. The average Bonchev–Trinajstić information content (AvgIpc) is 3.54. The van der Waals surface area contributed by atoms with Crippen LogP contribution >= 0.6 is 0 Å². The predicted octanol–water partition coefficient (Wildman–Crippen LogP) is 2.87. The molecule has 0 saturated carbocycles. The van der Waals surface area contributed by atoms with E-state index in [-0.39, 0.29) is 5.91 Å². The molecule has 0 aliphatic heterocycles. The Morgan fingerprint density at radius 3 is 2.73 bits per heavy atom. The zero-order valence-electron chi connectivity index (χ0n) is 18.6. The van der Waals surface area contributed by atoms with Gasteiger partial charge < -0.3 is 19.3 Å². The highest BCUT2D eigenvalue weighted by Crippen LogP contribution is 2.27. The fourth-order valence-electron chi connectivity index (χ4n) is 3.22. The summed E-state index contributed by atoms with van der Waals surface area (Å²) < 4.78 is 17.5. The summed E-state index contributed by atoms with van der Waals surface area (Å²) in [5, 5.41) is 6.80. The van der Waals surface area contributed by atoms with Crippen LogP contribution in [0.15, 0.2) is 53.6 Å². The Balaban J connectivity index is 1.39. The fraction of sp³-hybridized carbons (Fsp3) is 0.261. The first-order valence-electron chi connectivity index (χ1n) is 10.4. The summed E-state index contributed by atoms with van der Waals surface area (Å²) in [6.07, 6.45) is 6.14. The number of carbonyl (C=O) groups excluding carboxylic acids is 1. The van der Waals surface area contributed by atoms with E-state index < -0.39 is 0 Å². The van der Waals surface area contributed by atoms with E-state index in [9.17, 15) is 4.79 Å². The minimum atomic E-state index is -0.269. The number of imidazole rings is 1. The molecule has 1 N–H and O–H groups in total. The Morgan fingerprint density at radius 1 is 1.12 bits per heavy atom. The minimum absolute atomic E-state index is 0.269. The monoisotopic (exact) mass is 448 g/mol. The molecule has 0 unspecified atom stereocenters. The molecule has 1 aromatic carbocycles. The summed E-state index contributed by atoms with van der Waals surface area (Å²) in [4.78, 5) is 25.4. The molecule has 4 aromatic rings. The molecule has 1 amide bonds. The van der Waals surface area contributed by atoms with E-state index in [1.807, 2.05) is 25.1 Å². The largest absolute Gasteiger partial charge is 0.493 e. The van der Waals surface area contributed by atoms with Gasteiger partial charge in [0.15, 0.2) is 17.3 Å². The summed E-state index contributed by atoms with van der Waals surface area (Å²) in [6.45, 7) is 2.41. The van der Waals surface area contributed by atoms with Gasteiger partial charge >= 0.3 is 0 Å². The standard InChI is InChI=1S/C23H24N6O4/c1-4-20-27-23(33-28-20)16-8-10-24-21(12-16)29-13-17(26-14-29)22(30)25-9-7-15-5-6-18(31-2)19(11-15)32-3/h5-6,8,10-14H,4,7,9H2,1-3H3,(H,25,30). The SMILES string of the molecule is CCc1noc(-c2ccnc(-n3cnc(C(=O)NCCc4ccc(OC)c(OC)c4)c3)c2)n1. The third kappa shape index (κ3) is 5.00. The molecule has 3 heterocycles. The van der Waals surface area contributed by atoms with Crippen molar-refractivity contribution in [3.8, 4) is 28.8 Å². The number of aromatic nitrogens is 5. The van der Waals surface area contributed by atoms with Gasteiger partial charge in [0.2, 0.25) is 0 Å². The van der Waals surface area contributed by atoms with Crippen LogP contribution in [0.2, 0.25) is 0 Å². The van der Waals surface area contributed by atoms with Crippen molar-refractivity contribution in [3.63, 3.8) is 0 Å². The highest BCUT2D eigenvalue weighted by atomic mass is 16.5. The lowest BCUT2D eigenvalue weighted by molar-refractivity contribution is 0.0949. The fourth-order valence-corrected chi connectivity index (χ4v) is 3.22. The highest BCUT2D eigenvalue weighted by Gasteiger charge is 2.13. The van der Waals surface area contributed by atoms with Crippen LogP contribution in [0.3, 0.4) is 0 Å². The van der Waals surface area contributed by atoms with Gasteiger partial charge in [-0.05, 0) is 36.2 Å². The summed E-state index contributed by atoms with van der Waals surface area (Å²) in [7, 11) is 3.19. The number of nitrogens with zero attached hydrogens (tertiary/aromatic N) is 5. The highest BCUT2D eigenvalue weighted by molar-refractivity contribution is 5.92. The summed E-state index contributed by atoms with van der Waals surface area (Å²) in [5.74, 6) is 2.69. The average molecular weight is 448 g/mol. The topological polar surface area (TPSA) is 117 Å². The predicted molar refractivity (Wildman–Crippen MR) is 120 cm³/mol. The number of hydrogen-bond acceptors (Lipinski definition) is 8. The molecular formula is C23H24N6O4. The van der Waals surface area contributed by atoms with Gasteiger partial charge in [0.25, 0.3) is 11.8 Å². The van der Waals surface area contributed by atoms with E-state index in [1.165, 1.54) is 0 Å². The lowest BCUT2D eigenvalue weighted by Crippen LogP contribution is -2.26. The zero-order valence-corrected chi connectivity index (χ0v) is 18.6. The normalized spacial score (nSPS) is 10.8. The molecular weight excluding hydrogens is 424 g/mol. The Labute approximate surface area is 190 Å². The van der Waals surface area contributed by atoms with Gasteiger partial charge in [-0.15, -0.1) is 0 Å². The molecule has 3 aromatic heterocycles. The summed E-state index contributed by atoms with van der Waals surface area (Å²) >= 11 is 0. The van der Waals surface area contributed by atoms with Crippen molar-refractivity contribution in [2.45, 2.75) is 19.8 Å². The van der Waals surface area contributed by atoms with Crippen LogP contribution in [0.25, 0.3) is 17.3 Å². The van der Waals surface area contributed by atoms with Crippen LogP contribution in [0, 0.1) is 0 Å². The zero-order chi connectivity index (χ0) is 23.2. The van der Waals surface area contributed by atoms with Gasteiger partial charge in [-0.2, -0.15) is 4.98 Å². The molecule has 170 valence electrons. The maximum absolute atomic E-state index is 12.5. The number of carbonyl (C=O) groups is 1. The molecule has 33 heavy (non-hydrogen) atoms. The number of pyridine rings is 1. The minimum Gasteiger partial charge on any atom is -0.493 e. The molecule has 0 fully saturated rings. The summed E-state index contributed by atoms with van der Waals surface area (Å²) in [6, 6.07) is 9.26. The number of ether oxygens (including phenoxy) is 2. The van der Waals surface area contributed by atoms with Crippen molar-refractivity contribution in [3.05, 3.63) is 66.1 Å². The first kappa shape index (κ1) is 22.0. The summed E-state index contributed by atoms with van der Waals surface area (Å²) in [5.41, 5.74) is 2.05. The van der Waals surface area contributed by atoms with E-state index in [2.05, 4.69) is 25.4 Å². The van der Waals surface area contributed by atoms with Gasteiger partial charge in [-0.3, -0.25) is 9.36 Å². The number of aryl methyl sites for hydroxylation is 1. The number of hydrogen-bond donors (Lipinski definition) is 1. The lowest BCUT2D eigenvalue weighted by Gasteiger charge is -2.09. The van der Waals surface area contributed by atoms with Crippen molar-refractivity contribution >= 4 is 5.91 Å². The van der Waals surface area contributed by atoms with Crippen molar-refractivity contribution < 1.29 is 18.8 Å². The molecule has 0 aliphatic carbocycles. The second kappa shape index (κ2) is 9.94. The molecule has 10 nitrogen and oxygen atoms in total. The molecule has 0 saturated heterocycles. The van der Waals surface area contributed by atoms with E-state index in [4.69, 9.17) is 14.0 Å². The first-order valence-corrected chi connectivity index (χ1v) is 10.4. The van der Waals surface area contributed by atoms with Crippen molar-refractivity contribution in [1.29, 1.82) is 0 Å². The molecule has 4 rings (SSSR count). The van der Waals surface area contributed by atoms with Crippen LogP contribution in [-0.2, 0) is 12.8 Å². The number of methoxy groups -OCH3 is 2. The number of benzene rings is 1. The van der Waals surface area contributed by atoms with Gasteiger partial charge in [-0.25, -0.2) is 9.97 Å². The third-order valence-electron chi connectivity index (χ3n) is 5.00. The molecule has 0 radical (unpaired) electrons. The van der Waals surface area contributed by atoms with E-state index >= 15 is 0 Å². The second-order valence-electron chi connectivity index (χ2n) is 7.13. The second-order valence-corrected chi connectivity index (χ2v) is 7.13. The number of nitrogens with one attached hydrogen (secondary N) is 1. The Kier molecular flexibility index (Phi) is 6.63. The van der Waals surface area contributed by atoms with E-state index in [1.54, 1.807) is 49.6 Å². The molecule has 0 aliphatic rings. The van der Waals surface area contributed by atoms with Gasteiger partial charge in [0.1, 0.15) is 17.8 Å². The van der Waals surface area contributed by atoms with Crippen LogP contribution in [0.1, 0.15) is 28.8 Å². The Bertz CT molecular complexity index is 1250. The third-order valence-corrected chi connectivity index (χ3v) is 5.00. The molecule has 0 atom stereocenters. The Morgan fingerprint density at radius 2 is 1.97 bits per heavy atom. The van der Waals surface area contributed by atoms with Crippen LogP contribution in [0.4, 0.5) is 0 Å². The lowest BCUT2D eigenvalue weighted by atomic mass is 10.1. The van der Waals surface area contributed by atoms with Crippen LogP contribution in [0.5, 0.6) is 11.5 Å². The molecule has 0 spiro atoms. The van der Waals surface area contributed by atoms with Crippen molar-refractivity contribution in [2.75, 3.05) is 20.8 Å². The number of amides is 1. The smallest absolute Gasteiger partial charge is 0.271 e. The van der Waals surface area contributed by atoms with Crippen molar-refractivity contribution in [1.82, 2.24) is 30.0 Å². The maximum atomic E-state index is 12.5. The van der Waals surface area contributed by atoms with E-state index in [0.717, 1.165) is 11.1 Å². The number of rotatable bonds is 9. The van der Waals surface area contributed by atoms with Gasteiger partial charge in [-0.1, -0.05) is 18.1 Å². The molecule has 10 heteroatoms. The van der Waals surface area contributed by atoms with Gasteiger partial charge in [0, 0.05) is 30.9 Å². The van der Waals surface area contributed by atoms with Crippen LogP contribution < -0.4 is 14.8 Å². The van der Waals surface area contributed by atoms with Crippen molar-refractivity contribution in [2.24, 2.45) is 0 Å². The quantitative estimate of drug-likeness (QED) is 0.415. The first-order chi connectivity index (χ1) is 16.1. The molecule has 0 bridgehead atoms. The Hall–Kier alpha value is -4.21. The van der Waals surface area contributed by atoms with Crippen LogP contribution in [-0.4, -0.2) is 51.3 Å². The van der Waals surface area contributed by atoms with Gasteiger partial charge in [0.05, 0.1) is 14.2 Å².